The van der Waals surface area contributed by atoms with E-state index in [-0.39, 0.29) is 11.6 Å². The van der Waals surface area contributed by atoms with Crippen LogP contribution in [-0.4, -0.2) is 6.61 Å². The van der Waals surface area contributed by atoms with Crippen molar-refractivity contribution >= 4 is 5.57 Å². The smallest absolute Gasteiger partial charge is 0.127 e. The minimum absolute atomic E-state index is 0.300. The van der Waals surface area contributed by atoms with Crippen LogP contribution >= 0.6 is 0 Å². The lowest BCUT2D eigenvalue weighted by molar-refractivity contribution is 0.350. The third-order valence-corrected chi connectivity index (χ3v) is 2.82. The highest BCUT2D eigenvalue weighted by Gasteiger charge is 2.16. The van der Waals surface area contributed by atoms with Crippen LogP contribution < -0.4 is 4.74 Å². The van der Waals surface area contributed by atoms with Crippen molar-refractivity contribution in [2.45, 2.75) is 0 Å². The predicted octanol–water partition coefficient (Wildman–Crippen LogP) is 3.59. The molecule has 0 N–H and O–H groups in total. The highest BCUT2D eigenvalue weighted by molar-refractivity contribution is 5.82. The molecule has 1 radical (unpaired) electrons. The molecule has 1 nitrogen and oxygen atoms in total. The first-order valence-corrected chi connectivity index (χ1v) is 5.53. The molecule has 1 heterocycles. The summed E-state index contributed by atoms with van der Waals surface area (Å²) in [7, 11) is 0. The van der Waals surface area contributed by atoms with E-state index in [1.807, 2.05) is 0 Å². The van der Waals surface area contributed by atoms with Gasteiger partial charge in [0.05, 0.1) is 0 Å². The Morgan fingerprint density at radius 3 is 2.44 bits per heavy atom. The molecule has 0 atom stereocenters. The molecule has 0 fully saturated rings. The Balaban J connectivity index is 2.11. The van der Waals surface area contributed by atoms with Crippen molar-refractivity contribution in [3.63, 3.8) is 0 Å². The number of rotatable bonds is 1. The lowest BCUT2D eigenvalue weighted by Crippen LogP contribution is -2.06. The number of hydrogen-bond acceptors (Lipinski definition) is 1. The fourth-order valence-electron chi connectivity index (χ4n) is 1.98. The van der Waals surface area contributed by atoms with E-state index in [9.17, 15) is 8.78 Å². The fraction of sp³-hybridized carbons (Fsp3) is 0.0667. The number of fused-ring (bicyclic) bond motifs is 1. The summed E-state index contributed by atoms with van der Waals surface area (Å²) in [6.07, 6.45) is 3.04. The molecule has 3 rings (SSSR count). The summed E-state index contributed by atoms with van der Waals surface area (Å²) in [5.41, 5.74) is 2.19. The molecule has 2 aromatic carbocycles. The molecule has 1 aliphatic rings. The summed E-state index contributed by atoms with van der Waals surface area (Å²) in [6.45, 7) is 0.311. The molecule has 0 saturated heterocycles. The van der Waals surface area contributed by atoms with Gasteiger partial charge in [0.25, 0.3) is 0 Å². The van der Waals surface area contributed by atoms with Gasteiger partial charge in [0, 0.05) is 11.6 Å². The average Bonchev–Trinajstić information content (AvgIpc) is 2.39. The molecule has 0 saturated carbocycles. The van der Waals surface area contributed by atoms with Gasteiger partial charge in [0.15, 0.2) is 0 Å². The zero-order valence-corrected chi connectivity index (χ0v) is 9.41. The summed E-state index contributed by atoms with van der Waals surface area (Å²) in [4.78, 5) is 0. The van der Waals surface area contributed by atoms with Crippen LogP contribution in [0.2, 0.25) is 0 Å². The monoisotopic (exact) mass is 243 g/mol. The van der Waals surface area contributed by atoms with Gasteiger partial charge in [0.2, 0.25) is 0 Å². The number of halogens is 2. The third-order valence-electron chi connectivity index (χ3n) is 2.82. The molecule has 18 heavy (non-hydrogen) atoms. The Morgan fingerprint density at radius 2 is 1.67 bits per heavy atom. The van der Waals surface area contributed by atoms with Crippen LogP contribution in [-0.2, 0) is 0 Å². The molecule has 2 aromatic rings. The molecule has 0 aromatic heterocycles. The zero-order valence-electron chi connectivity index (χ0n) is 9.41. The van der Waals surface area contributed by atoms with Crippen molar-refractivity contribution in [2.24, 2.45) is 0 Å². The summed E-state index contributed by atoms with van der Waals surface area (Å²) in [5, 5.41) is 0. The largest absolute Gasteiger partial charge is 0.488 e. The van der Waals surface area contributed by atoms with E-state index in [0.29, 0.717) is 17.9 Å². The van der Waals surface area contributed by atoms with Crippen LogP contribution in [0.1, 0.15) is 11.1 Å². The molecule has 0 spiro atoms. The second-order valence-corrected chi connectivity index (χ2v) is 3.99. The molecule has 0 bridgehead atoms. The van der Waals surface area contributed by atoms with Crippen molar-refractivity contribution < 1.29 is 13.5 Å². The van der Waals surface area contributed by atoms with Crippen LogP contribution in [0.4, 0.5) is 8.78 Å². The molecular formula is C15H9F2O. The van der Waals surface area contributed by atoms with Gasteiger partial charge < -0.3 is 4.74 Å². The first-order chi connectivity index (χ1) is 8.74. The van der Waals surface area contributed by atoms with Crippen molar-refractivity contribution in [2.75, 3.05) is 6.61 Å². The third kappa shape index (κ3) is 1.88. The van der Waals surface area contributed by atoms with Gasteiger partial charge in [-0.1, -0.05) is 12.1 Å². The maximum atomic E-state index is 13.3. The standard InChI is InChI=1S/C15H9F2O/c16-11-3-1-10(2-4-11)13-7-8-18-15-6-5-12(17)9-14(13)15/h1-6,9H,8H2. The maximum Gasteiger partial charge on any atom is 0.127 e. The molecule has 3 heteroatoms. The highest BCUT2D eigenvalue weighted by atomic mass is 19.1. The average molecular weight is 243 g/mol. The lowest BCUT2D eigenvalue weighted by atomic mass is 9.95. The van der Waals surface area contributed by atoms with Gasteiger partial charge in [-0.25, -0.2) is 8.78 Å². The summed E-state index contributed by atoms with van der Waals surface area (Å²) in [6, 6.07) is 10.4. The minimum atomic E-state index is -0.333. The molecular weight excluding hydrogens is 234 g/mol. The second-order valence-electron chi connectivity index (χ2n) is 3.99. The summed E-state index contributed by atoms with van der Waals surface area (Å²) < 4.78 is 31.6. The van der Waals surface area contributed by atoms with Crippen LogP contribution in [0.3, 0.4) is 0 Å². The van der Waals surface area contributed by atoms with E-state index >= 15 is 0 Å². The van der Waals surface area contributed by atoms with E-state index in [4.69, 9.17) is 4.74 Å². The lowest BCUT2D eigenvalue weighted by Gasteiger charge is -2.18. The Bertz CT molecular complexity index is 615. The van der Waals surface area contributed by atoms with Crippen LogP contribution in [0.5, 0.6) is 5.75 Å². The maximum absolute atomic E-state index is 13.3. The molecule has 0 unspecified atom stereocenters. The van der Waals surface area contributed by atoms with Crippen LogP contribution in [0.15, 0.2) is 42.5 Å². The van der Waals surface area contributed by atoms with Gasteiger partial charge in [-0.15, -0.1) is 0 Å². The van der Waals surface area contributed by atoms with E-state index in [1.165, 1.54) is 24.3 Å². The first-order valence-electron chi connectivity index (χ1n) is 5.53. The second kappa shape index (κ2) is 4.26. The van der Waals surface area contributed by atoms with Crippen molar-refractivity contribution in [3.05, 3.63) is 71.3 Å². The van der Waals surface area contributed by atoms with Crippen molar-refractivity contribution in [3.8, 4) is 5.75 Å². The SMILES string of the molecule is Fc1ccc(C2=[C]COc3ccc(F)cc32)cc1. The first kappa shape index (κ1) is 11.0. The highest BCUT2D eigenvalue weighted by Crippen LogP contribution is 2.34. The summed E-state index contributed by atoms with van der Waals surface area (Å²) >= 11 is 0. The number of benzene rings is 2. The van der Waals surface area contributed by atoms with Crippen molar-refractivity contribution in [1.82, 2.24) is 0 Å². The molecule has 0 amide bonds. The van der Waals surface area contributed by atoms with Gasteiger partial charge in [-0.2, -0.15) is 0 Å². The van der Waals surface area contributed by atoms with Crippen LogP contribution in [0, 0.1) is 17.7 Å². The molecule has 1 aliphatic heterocycles. The van der Waals surface area contributed by atoms with E-state index in [0.717, 1.165) is 11.1 Å². The fourth-order valence-corrected chi connectivity index (χ4v) is 1.98. The van der Waals surface area contributed by atoms with E-state index in [2.05, 4.69) is 6.08 Å². The summed E-state index contributed by atoms with van der Waals surface area (Å²) in [5.74, 6) is -0.0130. The predicted molar refractivity (Wildman–Crippen MR) is 64.0 cm³/mol. The Labute approximate surface area is 103 Å². The van der Waals surface area contributed by atoms with Crippen LogP contribution in [0.25, 0.3) is 5.57 Å². The molecule has 0 aliphatic carbocycles. The Hall–Kier alpha value is -2.16. The Kier molecular flexibility index (Phi) is 2.59. The normalized spacial score (nSPS) is 13.6. The number of hydrogen-bond donors (Lipinski definition) is 0. The van der Waals surface area contributed by atoms with Gasteiger partial charge in [-0.05, 0) is 41.5 Å². The topological polar surface area (TPSA) is 9.23 Å². The molecule has 89 valence electrons. The van der Waals surface area contributed by atoms with Crippen molar-refractivity contribution in [1.29, 1.82) is 0 Å². The van der Waals surface area contributed by atoms with Gasteiger partial charge in [0.1, 0.15) is 24.0 Å². The van der Waals surface area contributed by atoms with Gasteiger partial charge in [-0.3, -0.25) is 0 Å². The van der Waals surface area contributed by atoms with E-state index < -0.39 is 0 Å². The Morgan fingerprint density at radius 1 is 0.944 bits per heavy atom. The van der Waals surface area contributed by atoms with E-state index in [1.54, 1.807) is 18.2 Å². The minimum Gasteiger partial charge on any atom is -0.488 e. The zero-order chi connectivity index (χ0) is 12.5. The number of ether oxygens (including phenoxy) is 1. The quantitative estimate of drug-likeness (QED) is 0.743. The van der Waals surface area contributed by atoms with Gasteiger partial charge >= 0.3 is 0 Å².